The zero-order valence-corrected chi connectivity index (χ0v) is 11.9. The van der Waals surface area contributed by atoms with Crippen LogP contribution in [-0.2, 0) is 4.79 Å². The third kappa shape index (κ3) is 3.78. The van der Waals surface area contributed by atoms with Crippen LogP contribution in [0.25, 0.3) is 0 Å². The summed E-state index contributed by atoms with van der Waals surface area (Å²) in [5.74, 6) is -2.48. The molecule has 0 bridgehead atoms. The second-order valence-corrected chi connectivity index (χ2v) is 4.48. The highest BCUT2D eigenvalue weighted by atomic mass is 19.2. The molecule has 0 saturated heterocycles. The number of carbonyl (C=O) groups is 1. The van der Waals surface area contributed by atoms with Gasteiger partial charge in [-0.25, -0.2) is 13.2 Å². The van der Waals surface area contributed by atoms with Crippen LogP contribution in [0.1, 0.15) is 6.92 Å². The van der Waals surface area contributed by atoms with Gasteiger partial charge in [0, 0.05) is 18.3 Å². The van der Waals surface area contributed by atoms with Crippen LogP contribution >= 0.6 is 0 Å². The van der Waals surface area contributed by atoms with Gasteiger partial charge in [-0.05, 0) is 43.3 Å². The molecule has 22 heavy (non-hydrogen) atoms. The summed E-state index contributed by atoms with van der Waals surface area (Å²) in [5.41, 5.74) is 0.245. The monoisotopic (exact) mass is 309 g/mol. The standard InChI is InChI=1S/C16H14F3NO2/c1-2-20(12-5-8-14(18)15(19)9-12)16(21)10-22-13-6-3-11(17)4-7-13/h3-9H,2,10H2,1H3. The highest BCUT2D eigenvalue weighted by molar-refractivity contribution is 5.94. The summed E-state index contributed by atoms with van der Waals surface area (Å²) in [5, 5.41) is 0. The third-order valence-corrected chi connectivity index (χ3v) is 3.01. The number of rotatable bonds is 5. The number of amides is 1. The maximum absolute atomic E-state index is 13.2. The SMILES string of the molecule is CCN(C(=O)COc1ccc(F)cc1)c1ccc(F)c(F)c1. The van der Waals surface area contributed by atoms with Crippen molar-refractivity contribution in [3.8, 4) is 5.75 Å². The van der Waals surface area contributed by atoms with Crippen LogP contribution in [-0.4, -0.2) is 19.1 Å². The fraction of sp³-hybridized carbons (Fsp3) is 0.188. The van der Waals surface area contributed by atoms with Crippen LogP contribution in [0.5, 0.6) is 5.75 Å². The minimum atomic E-state index is -1.02. The minimum Gasteiger partial charge on any atom is -0.484 e. The molecule has 0 heterocycles. The molecule has 0 aliphatic carbocycles. The van der Waals surface area contributed by atoms with Crippen molar-refractivity contribution in [3.05, 3.63) is 59.9 Å². The van der Waals surface area contributed by atoms with Crippen LogP contribution in [0.4, 0.5) is 18.9 Å². The molecule has 2 rings (SSSR count). The molecule has 0 atom stereocenters. The van der Waals surface area contributed by atoms with Gasteiger partial charge in [0.1, 0.15) is 11.6 Å². The average molecular weight is 309 g/mol. The number of nitrogens with zero attached hydrogens (tertiary/aromatic N) is 1. The van der Waals surface area contributed by atoms with E-state index >= 15 is 0 Å². The Labute approximate surface area is 125 Å². The van der Waals surface area contributed by atoms with E-state index in [-0.39, 0.29) is 18.8 Å². The number of anilines is 1. The molecule has 0 fully saturated rings. The lowest BCUT2D eigenvalue weighted by atomic mass is 10.2. The van der Waals surface area contributed by atoms with Gasteiger partial charge in [0.05, 0.1) is 0 Å². The molecule has 2 aromatic carbocycles. The van der Waals surface area contributed by atoms with E-state index in [0.29, 0.717) is 5.75 Å². The van der Waals surface area contributed by atoms with Crippen molar-refractivity contribution in [3.63, 3.8) is 0 Å². The zero-order valence-electron chi connectivity index (χ0n) is 11.9. The van der Waals surface area contributed by atoms with Gasteiger partial charge in [-0.3, -0.25) is 4.79 Å². The molecule has 1 amide bonds. The molecule has 0 aromatic heterocycles. The quantitative estimate of drug-likeness (QED) is 0.845. The summed E-state index contributed by atoms with van der Waals surface area (Å²) in [7, 11) is 0. The smallest absolute Gasteiger partial charge is 0.264 e. The fourth-order valence-corrected chi connectivity index (χ4v) is 1.91. The van der Waals surface area contributed by atoms with E-state index in [2.05, 4.69) is 0 Å². The van der Waals surface area contributed by atoms with Gasteiger partial charge in [0.2, 0.25) is 0 Å². The van der Waals surface area contributed by atoms with Crippen molar-refractivity contribution in [1.82, 2.24) is 0 Å². The highest BCUT2D eigenvalue weighted by Crippen LogP contribution is 2.18. The van der Waals surface area contributed by atoms with Crippen LogP contribution in [0.3, 0.4) is 0 Å². The summed E-state index contributed by atoms with van der Waals surface area (Å²) in [6.45, 7) is 1.69. The lowest BCUT2D eigenvalue weighted by Gasteiger charge is -2.21. The first-order valence-electron chi connectivity index (χ1n) is 6.65. The number of carbonyl (C=O) groups excluding carboxylic acids is 1. The molecule has 2 aromatic rings. The Bertz CT molecular complexity index is 659. The van der Waals surface area contributed by atoms with Gasteiger partial charge < -0.3 is 9.64 Å². The molecule has 0 N–H and O–H groups in total. The Hall–Kier alpha value is -2.50. The lowest BCUT2D eigenvalue weighted by molar-refractivity contribution is -0.120. The molecule has 0 aliphatic heterocycles. The van der Waals surface area contributed by atoms with E-state index in [9.17, 15) is 18.0 Å². The molecule has 0 aliphatic rings. The number of ether oxygens (including phenoxy) is 1. The van der Waals surface area contributed by atoms with Crippen molar-refractivity contribution in [1.29, 1.82) is 0 Å². The second-order valence-electron chi connectivity index (χ2n) is 4.48. The minimum absolute atomic E-state index is 0.245. The first-order chi connectivity index (χ1) is 10.5. The normalized spacial score (nSPS) is 10.4. The predicted octanol–water partition coefficient (Wildman–Crippen LogP) is 3.54. The van der Waals surface area contributed by atoms with Crippen LogP contribution in [0.15, 0.2) is 42.5 Å². The number of hydrogen-bond donors (Lipinski definition) is 0. The Morgan fingerprint density at radius 2 is 1.73 bits per heavy atom. The Morgan fingerprint density at radius 1 is 1.05 bits per heavy atom. The summed E-state index contributed by atoms with van der Waals surface area (Å²) in [6.07, 6.45) is 0. The maximum Gasteiger partial charge on any atom is 0.264 e. The van der Waals surface area contributed by atoms with E-state index in [0.717, 1.165) is 12.1 Å². The van der Waals surface area contributed by atoms with Crippen molar-refractivity contribution in [2.75, 3.05) is 18.1 Å². The Balaban J connectivity index is 2.05. The molecule has 116 valence electrons. The summed E-state index contributed by atoms with van der Waals surface area (Å²) < 4.78 is 44.2. The van der Waals surface area contributed by atoms with E-state index in [1.54, 1.807) is 6.92 Å². The summed E-state index contributed by atoms with van der Waals surface area (Å²) >= 11 is 0. The van der Waals surface area contributed by atoms with Gasteiger partial charge in [-0.2, -0.15) is 0 Å². The highest BCUT2D eigenvalue weighted by Gasteiger charge is 2.16. The first kappa shape index (κ1) is 15.9. The van der Waals surface area contributed by atoms with Gasteiger partial charge in [-0.15, -0.1) is 0 Å². The van der Waals surface area contributed by atoms with Crippen LogP contribution in [0.2, 0.25) is 0 Å². The molecule has 0 unspecified atom stereocenters. The average Bonchev–Trinajstić information content (AvgIpc) is 2.51. The van der Waals surface area contributed by atoms with Crippen molar-refractivity contribution in [2.45, 2.75) is 6.92 Å². The van der Waals surface area contributed by atoms with E-state index in [4.69, 9.17) is 4.74 Å². The van der Waals surface area contributed by atoms with E-state index in [1.807, 2.05) is 0 Å². The summed E-state index contributed by atoms with van der Waals surface area (Å²) in [4.78, 5) is 13.4. The Morgan fingerprint density at radius 3 is 2.32 bits per heavy atom. The fourth-order valence-electron chi connectivity index (χ4n) is 1.91. The molecular weight excluding hydrogens is 295 g/mol. The van der Waals surface area contributed by atoms with Crippen LogP contribution < -0.4 is 9.64 Å². The van der Waals surface area contributed by atoms with Crippen LogP contribution in [0, 0.1) is 17.5 Å². The first-order valence-corrected chi connectivity index (χ1v) is 6.65. The molecule has 0 spiro atoms. The largest absolute Gasteiger partial charge is 0.484 e. The van der Waals surface area contributed by atoms with Crippen molar-refractivity contribution < 1.29 is 22.7 Å². The second kappa shape index (κ2) is 6.98. The third-order valence-electron chi connectivity index (χ3n) is 3.01. The number of likely N-dealkylation sites (N-methyl/N-ethyl adjacent to an activating group) is 1. The van der Waals surface area contributed by atoms with Gasteiger partial charge in [0.15, 0.2) is 18.2 Å². The predicted molar refractivity (Wildman–Crippen MR) is 76.3 cm³/mol. The number of benzene rings is 2. The molecule has 0 saturated carbocycles. The van der Waals surface area contributed by atoms with E-state index < -0.39 is 23.4 Å². The molecule has 6 heteroatoms. The van der Waals surface area contributed by atoms with Gasteiger partial charge in [0.25, 0.3) is 5.91 Å². The Kier molecular flexibility index (Phi) is 5.04. The topological polar surface area (TPSA) is 29.5 Å². The van der Waals surface area contributed by atoms with Gasteiger partial charge in [-0.1, -0.05) is 0 Å². The van der Waals surface area contributed by atoms with Crippen molar-refractivity contribution >= 4 is 11.6 Å². The number of halogens is 3. The van der Waals surface area contributed by atoms with Crippen molar-refractivity contribution in [2.24, 2.45) is 0 Å². The molecule has 3 nitrogen and oxygen atoms in total. The lowest BCUT2D eigenvalue weighted by Crippen LogP contribution is -2.34. The maximum atomic E-state index is 13.2. The zero-order chi connectivity index (χ0) is 16.1. The molecular formula is C16H14F3NO2. The van der Waals surface area contributed by atoms with E-state index in [1.165, 1.54) is 35.2 Å². The molecule has 0 radical (unpaired) electrons. The number of hydrogen-bond acceptors (Lipinski definition) is 2. The van der Waals surface area contributed by atoms with Gasteiger partial charge >= 0.3 is 0 Å². The summed E-state index contributed by atoms with van der Waals surface area (Å²) in [6, 6.07) is 8.46.